The molecule has 1 atom stereocenters. The maximum atomic E-state index is 14.1. The molecule has 0 radical (unpaired) electrons. The van der Waals surface area contributed by atoms with E-state index in [1.807, 2.05) is 30.3 Å². The van der Waals surface area contributed by atoms with Gasteiger partial charge < -0.3 is 4.74 Å². The Labute approximate surface area is 222 Å². The standard InChI is InChI=1S/C24H23ClN4O4S3/c1-33-18-9-6-10-19-22(18)27-24(34-19)28(15-16-7-2-4-13-26-16)23(30)17-8-3-5-14-29(17)36(31,32)21-12-11-20(25)35-21/h2,4,6-7,9-13,17H,3,5,8,14-15H2,1H3. The van der Waals surface area contributed by atoms with Gasteiger partial charge in [0.05, 0.1) is 28.4 Å². The molecule has 1 aliphatic heterocycles. The van der Waals surface area contributed by atoms with Crippen LogP contribution in [0.5, 0.6) is 5.75 Å². The smallest absolute Gasteiger partial charge is 0.253 e. The number of pyridine rings is 1. The largest absolute Gasteiger partial charge is 0.494 e. The van der Waals surface area contributed by atoms with Crippen LogP contribution in [0.1, 0.15) is 25.0 Å². The van der Waals surface area contributed by atoms with Crippen molar-refractivity contribution >= 4 is 65.6 Å². The summed E-state index contributed by atoms with van der Waals surface area (Å²) in [5.41, 5.74) is 1.33. The van der Waals surface area contributed by atoms with E-state index in [1.54, 1.807) is 30.3 Å². The van der Waals surface area contributed by atoms with Gasteiger partial charge >= 0.3 is 0 Å². The number of rotatable bonds is 7. The Bertz CT molecular complexity index is 1490. The Morgan fingerprint density at radius 1 is 1.17 bits per heavy atom. The number of benzene rings is 1. The minimum absolute atomic E-state index is 0.133. The molecule has 8 nitrogen and oxygen atoms in total. The third-order valence-corrected chi connectivity index (χ3v) is 10.6. The Hall–Kier alpha value is -2.57. The summed E-state index contributed by atoms with van der Waals surface area (Å²) in [6.07, 6.45) is 3.51. The van der Waals surface area contributed by atoms with Gasteiger partial charge in [-0.05, 0) is 49.2 Å². The molecule has 188 valence electrons. The minimum atomic E-state index is -3.89. The molecule has 0 aliphatic carbocycles. The van der Waals surface area contributed by atoms with Gasteiger partial charge in [0.1, 0.15) is 21.5 Å². The molecule has 1 amide bonds. The fraction of sp³-hybridized carbons (Fsp3) is 0.292. The summed E-state index contributed by atoms with van der Waals surface area (Å²) in [5.74, 6) is 0.279. The Kier molecular flexibility index (Phi) is 7.27. The summed E-state index contributed by atoms with van der Waals surface area (Å²) < 4.78 is 35.2. The van der Waals surface area contributed by atoms with Crippen LogP contribution >= 0.6 is 34.3 Å². The highest BCUT2D eigenvalue weighted by molar-refractivity contribution is 7.91. The Morgan fingerprint density at radius 2 is 2.03 bits per heavy atom. The number of nitrogens with zero attached hydrogens (tertiary/aromatic N) is 4. The molecule has 1 fully saturated rings. The second kappa shape index (κ2) is 10.4. The Morgan fingerprint density at radius 3 is 2.75 bits per heavy atom. The van der Waals surface area contributed by atoms with Crippen LogP contribution in [0.4, 0.5) is 5.13 Å². The molecule has 4 aromatic rings. The zero-order valence-electron chi connectivity index (χ0n) is 19.3. The molecular weight excluding hydrogens is 540 g/mol. The molecule has 0 bridgehead atoms. The van der Waals surface area contributed by atoms with Crippen molar-refractivity contribution in [3.05, 3.63) is 64.8 Å². The van der Waals surface area contributed by atoms with E-state index >= 15 is 0 Å². The molecule has 1 saturated heterocycles. The number of amides is 1. The normalized spacial score (nSPS) is 16.8. The lowest BCUT2D eigenvalue weighted by Crippen LogP contribution is -2.52. The van der Waals surface area contributed by atoms with Gasteiger partial charge in [-0.25, -0.2) is 13.4 Å². The van der Waals surface area contributed by atoms with Crippen LogP contribution in [0.25, 0.3) is 10.2 Å². The number of ether oxygens (including phenoxy) is 1. The first-order chi connectivity index (χ1) is 17.4. The van der Waals surface area contributed by atoms with E-state index in [0.29, 0.717) is 39.3 Å². The van der Waals surface area contributed by atoms with Crippen molar-refractivity contribution in [3.8, 4) is 5.75 Å². The zero-order valence-corrected chi connectivity index (χ0v) is 22.5. The number of methoxy groups -OCH3 is 1. The molecule has 1 unspecified atom stereocenters. The summed E-state index contributed by atoms with van der Waals surface area (Å²) in [7, 11) is -2.32. The van der Waals surface area contributed by atoms with Crippen molar-refractivity contribution in [1.29, 1.82) is 0 Å². The summed E-state index contributed by atoms with van der Waals surface area (Å²) in [4.78, 5) is 24.8. The number of piperidine rings is 1. The fourth-order valence-electron chi connectivity index (χ4n) is 4.26. The van der Waals surface area contributed by atoms with Crippen LogP contribution in [0.2, 0.25) is 4.34 Å². The number of thiazole rings is 1. The maximum absolute atomic E-state index is 14.1. The van der Waals surface area contributed by atoms with Gasteiger partial charge in [-0.1, -0.05) is 41.5 Å². The number of aromatic nitrogens is 2. The summed E-state index contributed by atoms with van der Waals surface area (Å²) >= 11 is 8.38. The SMILES string of the molecule is COc1cccc2sc(N(Cc3ccccn3)C(=O)C3CCCCN3S(=O)(=O)c3ccc(Cl)s3)nc12. The molecule has 3 aromatic heterocycles. The maximum Gasteiger partial charge on any atom is 0.253 e. The number of carbonyl (C=O) groups excluding carboxylic acids is 1. The first-order valence-corrected chi connectivity index (χ1v) is 14.8. The van der Waals surface area contributed by atoms with E-state index in [9.17, 15) is 13.2 Å². The van der Waals surface area contributed by atoms with Gasteiger partial charge in [0.2, 0.25) is 5.91 Å². The van der Waals surface area contributed by atoms with Crippen LogP contribution in [0, 0.1) is 0 Å². The van der Waals surface area contributed by atoms with Gasteiger partial charge in [-0.3, -0.25) is 14.7 Å². The second-order valence-electron chi connectivity index (χ2n) is 8.23. The van der Waals surface area contributed by atoms with E-state index in [0.717, 1.165) is 22.5 Å². The van der Waals surface area contributed by atoms with E-state index in [1.165, 1.54) is 21.7 Å². The monoisotopic (exact) mass is 562 g/mol. The van der Waals surface area contributed by atoms with E-state index < -0.39 is 16.1 Å². The molecular formula is C24H23ClN4O4S3. The Balaban J connectivity index is 1.55. The third kappa shape index (κ3) is 4.85. The highest BCUT2D eigenvalue weighted by Crippen LogP contribution is 2.37. The van der Waals surface area contributed by atoms with Crippen molar-refractivity contribution in [2.75, 3.05) is 18.6 Å². The number of halogens is 1. The van der Waals surface area contributed by atoms with Crippen molar-refractivity contribution in [2.45, 2.75) is 36.1 Å². The van der Waals surface area contributed by atoms with Gasteiger partial charge in [0, 0.05) is 12.7 Å². The predicted molar refractivity (Wildman–Crippen MR) is 142 cm³/mol. The summed E-state index contributed by atoms with van der Waals surface area (Å²) in [5, 5.41) is 0.465. The molecule has 36 heavy (non-hydrogen) atoms. The fourth-order valence-corrected chi connectivity index (χ4v) is 8.51. The predicted octanol–water partition coefficient (Wildman–Crippen LogP) is 5.19. The zero-order chi connectivity index (χ0) is 25.3. The quantitative estimate of drug-likeness (QED) is 0.308. The van der Waals surface area contributed by atoms with Crippen LogP contribution in [0.3, 0.4) is 0 Å². The summed E-state index contributed by atoms with van der Waals surface area (Å²) in [6.45, 7) is 0.427. The van der Waals surface area contributed by atoms with Crippen LogP contribution in [-0.4, -0.2) is 48.3 Å². The van der Waals surface area contributed by atoms with Crippen molar-refractivity contribution in [3.63, 3.8) is 0 Å². The molecule has 0 spiro atoms. The van der Waals surface area contributed by atoms with Gasteiger partial charge in [-0.2, -0.15) is 4.31 Å². The van der Waals surface area contributed by atoms with Crippen LogP contribution in [0.15, 0.2) is 58.9 Å². The third-order valence-electron chi connectivity index (χ3n) is 5.98. The summed E-state index contributed by atoms with van der Waals surface area (Å²) in [6, 6.07) is 13.3. The highest BCUT2D eigenvalue weighted by atomic mass is 35.5. The van der Waals surface area contributed by atoms with E-state index in [-0.39, 0.29) is 23.2 Å². The molecule has 4 heterocycles. The van der Waals surface area contributed by atoms with Crippen LogP contribution < -0.4 is 9.64 Å². The first kappa shape index (κ1) is 25.1. The van der Waals surface area contributed by atoms with E-state index in [4.69, 9.17) is 21.3 Å². The van der Waals surface area contributed by atoms with Gasteiger partial charge in [-0.15, -0.1) is 11.3 Å². The number of hydrogen-bond acceptors (Lipinski definition) is 8. The lowest BCUT2D eigenvalue weighted by atomic mass is 10.0. The van der Waals surface area contributed by atoms with Crippen molar-refractivity contribution in [2.24, 2.45) is 0 Å². The number of anilines is 1. The topological polar surface area (TPSA) is 92.7 Å². The molecule has 1 aliphatic rings. The molecule has 0 N–H and O–H groups in total. The van der Waals surface area contributed by atoms with Gasteiger partial charge in [0.15, 0.2) is 5.13 Å². The molecule has 0 saturated carbocycles. The number of fused-ring (bicyclic) bond motifs is 1. The highest BCUT2D eigenvalue weighted by Gasteiger charge is 2.41. The molecule has 12 heteroatoms. The average Bonchev–Trinajstić information content (AvgIpc) is 3.54. The lowest BCUT2D eigenvalue weighted by Gasteiger charge is -2.35. The van der Waals surface area contributed by atoms with E-state index in [2.05, 4.69) is 4.98 Å². The van der Waals surface area contributed by atoms with Crippen molar-refractivity contribution < 1.29 is 17.9 Å². The van der Waals surface area contributed by atoms with Gasteiger partial charge in [0.25, 0.3) is 10.0 Å². The number of carbonyl (C=O) groups is 1. The van der Waals surface area contributed by atoms with Crippen LogP contribution in [-0.2, 0) is 21.4 Å². The number of hydrogen-bond donors (Lipinski definition) is 0. The average molecular weight is 563 g/mol. The number of para-hydroxylation sites is 1. The number of sulfonamides is 1. The lowest BCUT2D eigenvalue weighted by molar-refractivity contribution is -0.123. The van der Waals surface area contributed by atoms with Crippen molar-refractivity contribution in [1.82, 2.24) is 14.3 Å². The molecule has 5 rings (SSSR count). The minimum Gasteiger partial charge on any atom is -0.494 e. The first-order valence-electron chi connectivity index (χ1n) is 11.3. The molecule has 1 aromatic carbocycles. The second-order valence-corrected chi connectivity index (χ2v) is 13.1. The number of thiophene rings is 1.